The number of likely N-dealkylation sites (N-methyl/N-ethyl adjacent to an activating group) is 1. The van der Waals surface area contributed by atoms with Gasteiger partial charge in [-0.1, -0.05) is 25.3 Å². The molecule has 1 aliphatic carbocycles. The number of amides is 1. The van der Waals surface area contributed by atoms with E-state index in [1.165, 1.54) is 24.0 Å². The molecule has 1 amide bonds. The molecule has 2 fully saturated rings. The topological polar surface area (TPSA) is 61.8 Å². The monoisotopic (exact) mass is 436 g/mol. The van der Waals surface area contributed by atoms with Crippen molar-refractivity contribution in [1.29, 1.82) is 0 Å². The minimum atomic E-state index is -0.587. The van der Waals surface area contributed by atoms with E-state index in [2.05, 4.69) is 30.3 Å². The Morgan fingerprint density at radius 1 is 1.33 bits per heavy atom. The Hall–Kier alpha value is -0.820. The number of hydrogen-bond donors (Lipinski definition) is 2. The third-order valence-electron chi connectivity index (χ3n) is 7.54. The zero-order valence-electron chi connectivity index (χ0n) is 19.3. The van der Waals surface area contributed by atoms with Crippen molar-refractivity contribution in [1.82, 2.24) is 10.2 Å². The van der Waals surface area contributed by atoms with Crippen LogP contribution in [0.25, 0.3) is 0 Å². The molecule has 5 nitrogen and oxygen atoms in total. The minimum Gasteiger partial charge on any atom is -0.395 e. The fourth-order valence-electron chi connectivity index (χ4n) is 4.96. The summed E-state index contributed by atoms with van der Waals surface area (Å²) in [6.45, 7) is 8.99. The predicted octanol–water partition coefficient (Wildman–Crippen LogP) is 4.09. The average Bonchev–Trinajstić information content (AvgIpc) is 3.24. The molecule has 0 aromatic heterocycles. The van der Waals surface area contributed by atoms with Gasteiger partial charge in [-0.3, -0.25) is 9.69 Å². The Labute approximate surface area is 186 Å². The van der Waals surface area contributed by atoms with Crippen LogP contribution in [0.1, 0.15) is 65.7 Å². The molecule has 2 aliphatic heterocycles. The van der Waals surface area contributed by atoms with E-state index in [9.17, 15) is 9.90 Å². The third-order valence-corrected chi connectivity index (χ3v) is 8.56. The van der Waals surface area contributed by atoms with Gasteiger partial charge in [0.25, 0.3) is 0 Å². The van der Waals surface area contributed by atoms with Gasteiger partial charge in [-0.15, -0.1) is 11.8 Å². The summed E-state index contributed by atoms with van der Waals surface area (Å²) in [5.74, 6) is 1.53. The highest BCUT2D eigenvalue weighted by Crippen LogP contribution is 2.48. The van der Waals surface area contributed by atoms with E-state index in [0.717, 1.165) is 62.6 Å². The van der Waals surface area contributed by atoms with Crippen molar-refractivity contribution in [3.8, 4) is 0 Å². The van der Waals surface area contributed by atoms with Gasteiger partial charge in [-0.05, 0) is 70.6 Å². The lowest BCUT2D eigenvalue weighted by Gasteiger charge is -2.38. The van der Waals surface area contributed by atoms with Crippen LogP contribution >= 0.6 is 11.8 Å². The van der Waals surface area contributed by atoms with Crippen LogP contribution in [0.3, 0.4) is 0 Å². The molecule has 3 aliphatic rings. The van der Waals surface area contributed by atoms with Crippen molar-refractivity contribution in [3.05, 3.63) is 22.3 Å². The quantitative estimate of drug-likeness (QED) is 0.600. The fourth-order valence-corrected chi connectivity index (χ4v) is 6.01. The molecule has 1 saturated carbocycles. The molecule has 0 atom stereocenters. The zero-order chi connectivity index (χ0) is 21.8. The Morgan fingerprint density at radius 2 is 2.00 bits per heavy atom. The molecule has 0 unspecified atom stereocenters. The lowest BCUT2D eigenvalue weighted by molar-refractivity contribution is -0.130. The Bertz CT molecular complexity index is 674. The maximum atomic E-state index is 13.2. The highest BCUT2D eigenvalue weighted by Gasteiger charge is 2.39. The lowest BCUT2D eigenvalue weighted by Crippen LogP contribution is -2.54. The van der Waals surface area contributed by atoms with E-state index in [0.29, 0.717) is 5.92 Å². The maximum absolute atomic E-state index is 13.2. The lowest BCUT2D eigenvalue weighted by atomic mass is 9.76. The van der Waals surface area contributed by atoms with E-state index in [-0.39, 0.29) is 17.9 Å². The summed E-state index contributed by atoms with van der Waals surface area (Å²) in [7, 11) is 2.05. The van der Waals surface area contributed by atoms with E-state index in [1.807, 2.05) is 13.8 Å². The summed E-state index contributed by atoms with van der Waals surface area (Å²) in [4.78, 5) is 15.4. The van der Waals surface area contributed by atoms with Crippen LogP contribution in [0.2, 0.25) is 0 Å². The number of aliphatic hydroxyl groups excluding tert-OH is 1. The number of aliphatic hydroxyl groups is 1. The first kappa shape index (κ1) is 23.8. The first-order valence-corrected chi connectivity index (χ1v) is 12.6. The van der Waals surface area contributed by atoms with E-state index < -0.39 is 5.54 Å². The van der Waals surface area contributed by atoms with Crippen LogP contribution < -0.4 is 5.32 Å². The van der Waals surface area contributed by atoms with Crippen LogP contribution in [-0.2, 0) is 9.53 Å². The maximum Gasteiger partial charge on any atom is 0.244 e. The number of allylic oxidation sites excluding steroid dienone is 1. The van der Waals surface area contributed by atoms with Gasteiger partial charge < -0.3 is 15.2 Å². The molecule has 3 rings (SSSR count). The first-order chi connectivity index (χ1) is 14.3. The third kappa shape index (κ3) is 5.14. The van der Waals surface area contributed by atoms with Crippen molar-refractivity contribution in [2.24, 2.45) is 11.3 Å². The van der Waals surface area contributed by atoms with Gasteiger partial charge >= 0.3 is 0 Å². The predicted molar refractivity (Wildman–Crippen MR) is 124 cm³/mol. The highest BCUT2D eigenvalue weighted by molar-refractivity contribution is 8.03. The van der Waals surface area contributed by atoms with Gasteiger partial charge in [-0.2, -0.15) is 0 Å². The van der Waals surface area contributed by atoms with Crippen molar-refractivity contribution in [2.45, 2.75) is 71.3 Å². The Balaban J connectivity index is 1.71. The molecular formula is C24H40N2O3S. The van der Waals surface area contributed by atoms with Gasteiger partial charge in [-0.25, -0.2) is 0 Å². The molecule has 0 aromatic rings. The molecule has 2 heterocycles. The SMILES string of the molecule is CCC1=C(C2(CO)CCCC2)C=C(NC(=O)C(C)(C)N(C)CC2CCOCC2)SC1. The summed E-state index contributed by atoms with van der Waals surface area (Å²) in [6.07, 6.45) is 9.75. The molecule has 0 radical (unpaired) electrons. The zero-order valence-corrected chi connectivity index (χ0v) is 20.1. The number of carbonyl (C=O) groups excluding carboxylic acids is 1. The normalized spacial score (nSPS) is 23.1. The second kappa shape index (κ2) is 10.2. The van der Waals surface area contributed by atoms with E-state index >= 15 is 0 Å². The molecule has 0 bridgehead atoms. The van der Waals surface area contributed by atoms with E-state index in [1.54, 1.807) is 11.8 Å². The second-order valence-electron chi connectivity index (χ2n) is 9.76. The standard InChI is InChI=1S/C24H40N2O3S/c1-5-19-16-30-21(14-20(19)24(17-27)10-6-7-11-24)25-22(28)23(2,3)26(4)15-18-8-12-29-13-9-18/h14,18,27H,5-13,15-17H2,1-4H3,(H,25,28). The Kier molecular flexibility index (Phi) is 8.10. The van der Waals surface area contributed by atoms with Crippen LogP contribution in [0.15, 0.2) is 22.3 Å². The van der Waals surface area contributed by atoms with Crippen LogP contribution in [0.5, 0.6) is 0 Å². The summed E-state index contributed by atoms with van der Waals surface area (Å²) in [5, 5.41) is 14.4. The average molecular weight is 437 g/mol. The largest absolute Gasteiger partial charge is 0.395 e. The molecular weight excluding hydrogens is 396 g/mol. The number of carbonyl (C=O) groups is 1. The van der Waals surface area contributed by atoms with Gasteiger partial charge in [0.05, 0.1) is 17.2 Å². The molecule has 0 spiro atoms. The van der Waals surface area contributed by atoms with Crippen molar-refractivity contribution < 1.29 is 14.6 Å². The molecule has 2 N–H and O–H groups in total. The number of hydrogen-bond acceptors (Lipinski definition) is 5. The molecule has 0 aromatic carbocycles. The van der Waals surface area contributed by atoms with Gasteiger partial charge in [0.1, 0.15) is 0 Å². The van der Waals surface area contributed by atoms with Crippen molar-refractivity contribution in [3.63, 3.8) is 0 Å². The number of rotatable bonds is 8. The summed E-state index contributed by atoms with van der Waals surface area (Å²) >= 11 is 1.71. The number of nitrogens with one attached hydrogen (secondary N) is 1. The van der Waals surface area contributed by atoms with Crippen LogP contribution in [0.4, 0.5) is 0 Å². The van der Waals surface area contributed by atoms with E-state index in [4.69, 9.17) is 4.74 Å². The number of ether oxygens (including phenoxy) is 1. The van der Waals surface area contributed by atoms with Crippen LogP contribution in [0, 0.1) is 11.3 Å². The van der Waals surface area contributed by atoms with Gasteiger partial charge in [0.2, 0.25) is 5.91 Å². The summed E-state index contributed by atoms with van der Waals surface area (Å²) < 4.78 is 5.47. The Morgan fingerprint density at radius 3 is 2.60 bits per heavy atom. The summed E-state index contributed by atoms with van der Waals surface area (Å²) in [6, 6.07) is 0. The number of thioether (sulfide) groups is 1. The molecule has 6 heteroatoms. The van der Waals surface area contributed by atoms with Crippen LogP contribution in [-0.4, -0.2) is 60.6 Å². The number of nitrogens with zero attached hydrogens (tertiary/aromatic N) is 1. The van der Waals surface area contributed by atoms with Crippen molar-refractivity contribution in [2.75, 3.05) is 39.2 Å². The van der Waals surface area contributed by atoms with Crippen molar-refractivity contribution >= 4 is 17.7 Å². The van der Waals surface area contributed by atoms with Gasteiger partial charge in [0, 0.05) is 30.9 Å². The minimum absolute atomic E-state index is 0.0413. The highest BCUT2D eigenvalue weighted by atomic mass is 32.2. The molecule has 170 valence electrons. The smallest absolute Gasteiger partial charge is 0.244 e. The second-order valence-corrected chi connectivity index (χ2v) is 10.8. The van der Waals surface area contributed by atoms with Gasteiger partial charge in [0.15, 0.2) is 0 Å². The molecule has 1 saturated heterocycles. The molecule has 30 heavy (non-hydrogen) atoms. The summed E-state index contributed by atoms with van der Waals surface area (Å²) in [5.41, 5.74) is 2.01. The first-order valence-electron chi connectivity index (χ1n) is 11.6. The fraction of sp³-hybridized carbons (Fsp3) is 0.792.